The van der Waals surface area contributed by atoms with Gasteiger partial charge in [-0.3, -0.25) is 14.5 Å². The van der Waals surface area contributed by atoms with Crippen molar-refractivity contribution in [1.29, 1.82) is 0 Å². The minimum Gasteiger partial charge on any atom is -0.392 e. The Bertz CT molecular complexity index is 598. The van der Waals surface area contributed by atoms with E-state index in [4.69, 9.17) is 0 Å². The first-order valence-corrected chi connectivity index (χ1v) is 6.48. The fraction of sp³-hybridized carbons (Fsp3) is 0.357. The van der Waals surface area contributed by atoms with Crippen LogP contribution in [0.4, 0.5) is 10.5 Å². The van der Waals surface area contributed by atoms with Gasteiger partial charge in [0.1, 0.15) is 12.1 Å². The van der Waals surface area contributed by atoms with Gasteiger partial charge >= 0.3 is 6.03 Å². The molecule has 2 rings (SSSR count). The van der Waals surface area contributed by atoms with Crippen molar-refractivity contribution in [1.82, 2.24) is 10.2 Å². The first-order chi connectivity index (χ1) is 9.85. The van der Waals surface area contributed by atoms with Crippen LogP contribution in [0.25, 0.3) is 0 Å². The van der Waals surface area contributed by atoms with Crippen molar-refractivity contribution < 1.29 is 19.5 Å². The summed E-state index contributed by atoms with van der Waals surface area (Å²) in [5.74, 6) is -0.949. The highest BCUT2D eigenvalue weighted by Gasteiger charge is 2.44. The van der Waals surface area contributed by atoms with Crippen LogP contribution in [0.15, 0.2) is 24.3 Å². The highest BCUT2D eigenvalue weighted by molar-refractivity contribution is 6.09. The van der Waals surface area contributed by atoms with Crippen LogP contribution in [0, 0.1) is 0 Å². The lowest BCUT2D eigenvalue weighted by atomic mass is 10.1. The predicted octanol–water partition coefficient (Wildman–Crippen LogP) is 0.448. The predicted molar refractivity (Wildman–Crippen MR) is 75.3 cm³/mol. The van der Waals surface area contributed by atoms with Crippen molar-refractivity contribution in [2.75, 3.05) is 11.9 Å². The lowest BCUT2D eigenvalue weighted by Crippen LogP contribution is -2.41. The SMILES string of the molecule is CC1(C)NC(=O)N(CC(=O)Nc2ccccc2CO)C1=O. The van der Waals surface area contributed by atoms with Gasteiger partial charge in [-0.2, -0.15) is 0 Å². The third-order valence-corrected chi connectivity index (χ3v) is 3.21. The molecule has 1 saturated heterocycles. The molecule has 0 aromatic heterocycles. The molecule has 1 heterocycles. The number of aliphatic hydroxyl groups excluding tert-OH is 1. The lowest BCUT2D eigenvalue weighted by Gasteiger charge is -2.16. The molecule has 0 radical (unpaired) electrons. The number of hydrogen-bond donors (Lipinski definition) is 3. The summed E-state index contributed by atoms with van der Waals surface area (Å²) in [6.07, 6.45) is 0. The zero-order valence-corrected chi connectivity index (χ0v) is 11.8. The van der Waals surface area contributed by atoms with Gasteiger partial charge in [-0.25, -0.2) is 4.79 Å². The number of anilines is 1. The van der Waals surface area contributed by atoms with Crippen LogP contribution in [0.5, 0.6) is 0 Å². The molecule has 7 heteroatoms. The molecule has 1 aromatic rings. The molecule has 1 aliphatic heterocycles. The lowest BCUT2D eigenvalue weighted by molar-refractivity contribution is -0.132. The molecule has 0 saturated carbocycles. The van der Waals surface area contributed by atoms with E-state index >= 15 is 0 Å². The summed E-state index contributed by atoms with van der Waals surface area (Å²) in [6, 6.07) is 6.17. The molecule has 1 aliphatic rings. The van der Waals surface area contributed by atoms with Crippen LogP contribution >= 0.6 is 0 Å². The summed E-state index contributed by atoms with van der Waals surface area (Å²) >= 11 is 0. The van der Waals surface area contributed by atoms with E-state index in [0.29, 0.717) is 11.3 Å². The van der Waals surface area contributed by atoms with Crippen molar-refractivity contribution in [3.63, 3.8) is 0 Å². The number of hydrogen-bond acceptors (Lipinski definition) is 4. The van der Waals surface area contributed by atoms with E-state index in [9.17, 15) is 19.5 Å². The number of aliphatic hydroxyl groups is 1. The van der Waals surface area contributed by atoms with Crippen LogP contribution in [0.2, 0.25) is 0 Å². The van der Waals surface area contributed by atoms with Gasteiger partial charge in [0.25, 0.3) is 5.91 Å². The number of nitrogens with one attached hydrogen (secondary N) is 2. The van der Waals surface area contributed by atoms with E-state index in [-0.39, 0.29) is 13.2 Å². The van der Waals surface area contributed by atoms with Gasteiger partial charge in [-0.05, 0) is 19.9 Å². The van der Waals surface area contributed by atoms with E-state index in [1.54, 1.807) is 38.1 Å². The van der Waals surface area contributed by atoms with E-state index in [0.717, 1.165) is 4.90 Å². The molecule has 0 spiro atoms. The van der Waals surface area contributed by atoms with E-state index < -0.39 is 23.4 Å². The minimum absolute atomic E-state index is 0.216. The maximum absolute atomic E-state index is 12.0. The zero-order valence-electron chi connectivity index (χ0n) is 11.8. The molecule has 4 amide bonds. The van der Waals surface area contributed by atoms with E-state index in [1.165, 1.54) is 0 Å². The number of benzene rings is 1. The van der Waals surface area contributed by atoms with Gasteiger partial charge in [0.2, 0.25) is 5.91 Å². The topological polar surface area (TPSA) is 98.7 Å². The Labute approximate surface area is 121 Å². The van der Waals surface area contributed by atoms with Crippen LogP contribution in [-0.4, -0.2) is 39.9 Å². The van der Waals surface area contributed by atoms with Crippen LogP contribution in [0.1, 0.15) is 19.4 Å². The fourth-order valence-corrected chi connectivity index (χ4v) is 2.07. The molecule has 0 atom stereocenters. The Morgan fingerprint density at radius 3 is 2.57 bits per heavy atom. The Morgan fingerprint density at radius 2 is 2.00 bits per heavy atom. The maximum Gasteiger partial charge on any atom is 0.325 e. The molecule has 1 aromatic carbocycles. The summed E-state index contributed by atoms with van der Waals surface area (Å²) in [4.78, 5) is 36.5. The molecule has 0 aliphatic carbocycles. The first-order valence-electron chi connectivity index (χ1n) is 6.48. The number of carbonyl (C=O) groups excluding carboxylic acids is 3. The molecule has 3 N–H and O–H groups in total. The largest absolute Gasteiger partial charge is 0.392 e. The highest BCUT2D eigenvalue weighted by atomic mass is 16.3. The molecular weight excluding hydrogens is 274 g/mol. The summed E-state index contributed by atoms with van der Waals surface area (Å²) in [6.45, 7) is 2.57. The molecule has 1 fully saturated rings. The molecule has 21 heavy (non-hydrogen) atoms. The van der Waals surface area contributed by atoms with E-state index in [2.05, 4.69) is 10.6 Å². The van der Waals surface area contributed by atoms with Gasteiger partial charge in [0.05, 0.1) is 6.61 Å². The quantitative estimate of drug-likeness (QED) is 0.701. The van der Waals surface area contributed by atoms with Gasteiger partial charge < -0.3 is 15.7 Å². The summed E-state index contributed by atoms with van der Waals surface area (Å²) in [7, 11) is 0. The second-order valence-corrected chi connectivity index (χ2v) is 5.31. The van der Waals surface area contributed by atoms with Crippen molar-refractivity contribution in [2.24, 2.45) is 0 Å². The number of carbonyl (C=O) groups is 3. The molecule has 0 unspecified atom stereocenters. The Kier molecular flexibility index (Phi) is 3.95. The van der Waals surface area contributed by atoms with Crippen LogP contribution < -0.4 is 10.6 Å². The monoisotopic (exact) mass is 291 g/mol. The summed E-state index contributed by atoms with van der Waals surface area (Å²) in [5.41, 5.74) is 0.0140. The number of para-hydroxylation sites is 1. The zero-order chi connectivity index (χ0) is 15.6. The molecule has 0 bridgehead atoms. The summed E-state index contributed by atoms with van der Waals surface area (Å²) < 4.78 is 0. The fourth-order valence-electron chi connectivity index (χ4n) is 2.07. The average molecular weight is 291 g/mol. The Balaban J connectivity index is 2.06. The van der Waals surface area contributed by atoms with Gasteiger partial charge in [0, 0.05) is 11.3 Å². The van der Waals surface area contributed by atoms with Crippen LogP contribution in [0.3, 0.4) is 0 Å². The second-order valence-electron chi connectivity index (χ2n) is 5.31. The average Bonchev–Trinajstić information content (AvgIpc) is 2.61. The van der Waals surface area contributed by atoms with Crippen molar-refractivity contribution >= 4 is 23.5 Å². The molecule has 7 nitrogen and oxygen atoms in total. The summed E-state index contributed by atoms with van der Waals surface area (Å²) in [5, 5.41) is 14.3. The molecule has 112 valence electrons. The van der Waals surface area contributed by atoms with Crippen molar-refractivity contribution in [3.8, 4) is 0 Å². The Morgan fingerprint density at radius 1 is 1.33 bits per heavy atom. The van der Waals surface area contributed by atoms with Gasteiger partial charge in [-0.1, -0.05) is 18.2 Å². The van der Waals surface area contributed by atoms with Gasteiger partial charge in [-0.15, -0.1) is 0 Å². The molecular formula is C14H17N3O4. The standard InChI is InChI=1S/C14H17N3O4/c1-14(2)12(20)17(13(21)16-14)7-11(19)15-10-6-4-3-5-9(10)8-18/h3-6,18H,7-8H2,1-2H3,(H,15,19)(H,16,21). The number of nitrogens with zero attached hydrogens (tertiary/aromatic N) is 1. The number of urea groups is 1. The number of imide groups is 1. The first kappa shape index (κ1) is 15.0. The van der Waals surface area contributed by atoms with Gasteiger partial charge in [0.15, 0.2) is 0 Å². The van der Waals surface area contributed by atoms with Crippen LogP contribution in [-0.2, 0) is 16.2 Å². The third kappa shape index (κ3) is 3.03. The van der Waals surface area contributed by atoms with Crippen molar-refractivity contribution in [2.45, 2.75) is 26.0 Å². The Hall–Kier alpha value is -2.41. The minimum atomic E-state index is -1.000. The number of rotatable bonds is 4. The number of amides is 4. The highest BCUT2D eigenvalue weighted by Crippen LogP contribution is 2.18. The van der Waals surface area contributed by atoms with E-state index in [1.807, 2.05) is 0 Å². The second kappa shape index (κ2) is 5.53. The smallest absolute Gasteiger partial charge is 0.325 e. The van der Waals surface area contributed by atoms with Crippen molar-refractivity contribution in [3.05, 3.63) is 29.8 Å². The normalized spacial score (nSPS) is 16.8. The third-order valence-electron chi connectivity index (χ3n) is 3.21. The maximum atomic E-state index is 12.0.